The highest BCUT2D eigenvalue weighted by Crippen LogP contribution is 2.30. The second-order valence-electron chi connectivity index (χ2n) is 7.01. The average molecular weight is 439 g/mol. The van der Waals surface area contributed by atoms with Gasteiger partial charge < -0.3 is 14.8 Å². The van der Waals surface area contributed by atoms with E-state index < -0.39 is 5.97 Å². The van der Waals surface area contributed by atoms with Crippen molar-refractivity contribution >= 4 is 23.7 Å². The molecule has 0 spiro atoms. The molecule has 0 saturated heterocycles. The number of rotatable bonds is 7. The minimum atomic E-state index is -0.654. The van der Waals surface area contributed by atoms with Crippen LogP contribution in [0.15, 0.2) is 54.2 Å². The summed E-state index contributed by atoms with van der Waals surface area (Å²) in [5.41, 5.74) is 3.54. The Morgan fingerprint density at radius 2 is 1.82 bits per heavy atom. The summed E-state index contributed by atoms with van der Waals surface area (Å²) in [7, 11) is 0. The van der Waals surface area contributed by atoms with Crippen molar-refractivity contribution in [2.45, 2.75) is 20.8 Å². The molecule has 0 amide bonds. The van der Waals surface area contributed by atoms with E-state index in [4.69, 9.17) is 14.7 Å². The first-order chi connectivity index (χ1) is 15.9. The minimum Gasteiger partial charge on any atom is -0.462 e. The van der Waals surface area contributed by atoms with Gasteiger partial charge in [0.1, 0.15) is 17.4 Å². The van der Waals surface area contributed by atoms with Crippen LogP contribution in [0.25, 0.3) is 6.08 Å². The maximum absolute atomic E-state index is 11.9. The van der Waals surface area contributed by atoms with E-state index in [1.165, 1.54) is 6.08 Å². The number of esters is 1. The summed E-state index contributed by atoms with van der Waals surface area (Å²) in [6.45, 7) is 5.62. The number of hydrogen-bond acceptors (Lipinski definition) is 8. The summed E-state index contributed by atoms with van der Waals surface area (Å²) in [4.78, 5) is 20.5. The van der Waals surface area contributed by atoms with Gasteiger partial charge in [0.15, 0.2) is 0 Å². The lowest BCUT2D eigenvalue weighted by Gasteiger charge is -2.13. The second-order valence-corrected chi connectivity index (χ2v) is 7.01. The Kier molecular flexibility index (Phi) is 7.35. The van der Waals surface area contributed by atoms with Gasteiger partial charge in [-0.15, -0.1) is 0 Å². The predicted molar refractivity (Wildman–Crippen MR) is 123 cm³/mol. The molecule has 2 aromatic carbocycles. The molecule has 0 saturated carbocycles. The van der Waals surface area contributed by atoms with Crippen LogP contribution in [0.4, 0.5) is 11.6 Å². The molecule has 0 aliphatic carbocycles. The SMILES string of the molecule is CCOC(=O)/C(C#N)=C/c1cc(C)c(Oc2ccnc(Nc3ccc(C#N)cc3)n2)c(C)c1. The molecule has 3 rings (SSSR count). The summed E-state index contributed by atoms with van der Waals surface area (Å²) in [6, 6.07) is 16.2. The number of nitrogens with zero attached hydrogens (tertiary/aromatic N) is 4. The smallest absolute Gasteiger partial charge is 0.348 e. The van der Waals surface area contributed by atoms with E-state index in [0.29, 0.717) is 28.7 Å². The van der Waals surface area contributed by atoms with Gasteiger partial charge in [0.2, 0.25) is 11.8 Å². The lowest BCUT2D eigenvalue weighted by Crippen LogP contribution is -2.06. The van der Waals surface area contributed by atoms with Crippen LogP contribution in [0.1, 0.15) is 29.2 Å². The quantitative estimate of drug-likeness (QED) is 0.311. The summed E-state index contributed by atoms with van der Waals surface area (Å²) < 4.78 is 10.9. The number of hydrogen-bond donors (Lipinski definition) is 1. The van der Waals surface area contributed by atoms with Crippen LogP contribution in [0, 0.1) is 36.5 Å². The Morgan fingerprint density at radius 1 is 1.12 bits per heavy atom. The molecule has 33 heavy (non-hydrogen) atoms. The lowest BCUT2D eigenvalue weighted by atomic mass is 10.0. The normalized spacial score (nSPS) is 10.6. The van der Waals surface area contributed by atoms with Gasteiger partial charge in [-0.05, 0) is 79.9 Å². The van der Waals surface area contributed by atoms with E-state index in [0.717, 1.165) is 16.8 Å². The van der Waals surface area contributed by atoms with Gasteiger partial charge in [-0.3, -0.25) is 0 Å². The van der Waals surface area contributed by atoms with E-state index in [1.54, 1.807) is 43.5 Å². The van der Waals surface area contributed by atoms with Crippen molar-refractivity contribution in [1.29, 1.82) is 10.5 Å². The van der Waals surface area contributed by atoms with Crippen LogP contribution < -0.4 is 10.1 Å². The van der Waals surface area contributed by atoms with Crippen LogP contribution >= 0.6 is 0 Å². The molecule has 0 aliphatic heterocycles. The number of ether oxygens (including phenoxy) is 2. The van der Waals surface area contributed by atoms with Crippen LogP contribution in [0.5, 0.6) is 11.6 Å². The molecule has 1 N–H and O–H groups in total. The Balaban J connectivity index is 1.81. The first-order valence-corrected chi connectivity index (χ1v) is 10.1. The van der Waals surface area contributed by atoms with E-state index in [1.807, 2.05) is 32.0 Å². The molecule has 1 aromatic heterocycles. The van der Waals surface area contributed by atoms with Gasteiger partial charge in [0.05, 0.1) is 18.2 Å². The third-order valence-corrected chi connectivity index (χ3v) is 4.52. The fourth-order valence-corrected chi connectivity index (χ4v) is 3.06. The van der Waals surface area contributed by atoms with Gasteiger partial charge in [-0.2, -0.15) is 15.5 Å². The van der Waals surface area contributed by atoms with Gasteiger partial charge in [-0.25, -0.2) is 9.78 Å². The van der Waals surface area contributed by atoms with Crippen LogP contribution in [0.3, 0.4) is 0 Å². The van der Waals surface area contributed by atoms with Crippen molar-refractivity contribution in [3.05, 3.63) is 76.5 Å². The maximum Gasteiger partial charge on any atom is 0.348 e. The zero-order chi connectivity index (χ0) is 23.8. The molecular weight excluding hydrogens is 418 g/mol. The number of aryl methyl sites for hydroxylation is 2. The van der Waals surface area contributed by atoms with Crippen LogP contribution in [-0.2, 0) is 9.53 Å². The van der Waals surface area contributed by atoms with Crippen molar-refractivity contribution < 1.29 is 14.3 Å². The molecule has 0 radical (unpaired) electrons. The molecule has 0 fully saturated rings. The summed E-state index contributed by atoms with van der Waals surface area (Å²) in [5, 5.41) is 21.2. The summed E-state index contributed by atoms with van der Waals surface area (Å²) in [6.07, 6.45) is 3.07. The first-order valence-electron chi connectivity index (χ1n) is 10.1. The second kappa shape index (κ2) is 10.6. The van der Waals surface area contributed by atoms with Crippen molar-refractivity contribution in [1.82, 2.24) is 9.97 Å². The molecular formula is C25H21N5O3. The number of carbonyl (C=O) groups is 1. The van der Waals surface area contributed by atoms with Crippen molar-refractivity contribution in [3.63, 3.8) is 0 Å². The molecule has 0 bridgehead atoms. The van der Waals surface area contributed by atoms with Gasteiger partial charge in [-0.1, -0.05) is 0 Å². The summed E-state index contributed by atoms with van der Waals surface area (Å²) >= 11 is 0. The molecule has 164 valence electrons. The zero-order valence-electron chi connectivity index (χ0n) is 18.4. The Morgan fingerprint density at radius 3 is 2.42 bits per heavy atom. The van der Waals surface area contributed by atoms with E-state index in [9.17, 15) is 10.1 Å². The van der Waals surface area contributed by atoms with Crippen molar-refractivity contribution in [2.24, 2.45) is 0 Å². The van der Waals surface area contributed by atoms with E-state index >= 15 is 0 Å². The first kappa shape index (κ1) is 23.0. The highest BCUT2D eigenvalue weighted by atomic mass is 16.5. The van der Waals surface area contributed by atoms with Crippen LogP contribution in [0.2, 0.25) is 0 Å². The molecule has 8 heteroatoms. The number of benzene rings is 2. The third-order valence-electron chi connectivity index (χ3n) is 4.52. The number of nitrogens with one attached hydrogen (secondary N) is 1. The minimum absolute atomic E-state index is 0.0707. The number of aromatic nitrogens is 2. The third kappa shape index (κ3) is 5.93. The number of anilines is 2. The Bertz CT molecular complexity index is 1260. The number of carbonyl (C=O) groups excluding carboxylic acids is 1. The largest absolute Gasteiger partial charge is 0.462 e. The van der Waals surface area contributed by atoms with E-state index in [2.05, 4.69) is 21.4 Å². The fraction of sp³-hybridized carbons (Fsp3) is 0.160. The van der Waals surface area contributed by atoms with Gasteiger partial charge >= 0.3 is 5.97 Å². The topological polar surface area (TPSA) is 121 Å². The van der Waals surface area contributed by atoms with Gasteiger partial charge in [0.25, 0.3) is 0 Å². The maximum atomic E-state index is 11.9. The highest BCUT2D eigenvalue weighted by molar-refractivity contribution is 5.97. The molecule has 8 nitrogen and oxygen atoms in total. The Hall–Kier alpha value is -4.69. The van der Waals surface area contributed by atoms with Crippen molar-refractivity contribution in [3.8, 4) is 23.8 Å². The van der Waals surface area contributed by atoms with Crippen LogP contribution in [-0.4, -0.2) is 22.5 Å². The lowest BCUT2D eigenvalue weighted by molar-refractivity contribution is -0.137. The van der Waals surface area contributed by atoms with Gasteiger partial charge in [0, 0.05) is 18.0 Å². The average Bonchev–Trinajstić information content (AvgIpc) is 2.81. The standard InChI is InChI=1S/C25H21N5O3/c1-4-32-24(31)20(15-27)13-19-11-16(2)23(17(3)12-19)33-22-9-10-28-25(30-22)29-21-7-5-18(14-26)6-8-21/h5-13H,4H2,1-3H3,(H,28,29,30)/b20-13+. The van der Waals surface area contributed by atoms with Crippen molar-refractivity contribution in [2.75, 3.05) is 11.9 Å². The molecule has 0 unspecified atom stereocenters. The Labute approximate surface area is 191 Å². The molecule has 3 aromatic rings. The molecule has 0 aliphatic rings. The number of nitriles is 2. The van der Waals surface area contributed by atoms with E-state index in [-0.39, 0.29) is 12.2 Å². The fourth-order valence-electron chi connectivity index (χ4n) is 3.06. The highest BCUT2D eigenvalue weighted by Gasteiger charge is 2.13. The molecule has 0 atom stereocenters. The predicted octanol–water partition coefficient (Wildman–Crippen LogP) is 4.97. The molecule has 1 heterocycles. The monoisotopic (exact) mass is 439 g/mol. The summed E-state index contributed by atoms with van der Waals surface area (Å²) in [5.74, 6) is 0.656. The zero-order valence-corrected chi connectivity index (χ0v) is 18.4.